The van der Waals surface area contributed by atoms with E-state index in [1.54, 1.807) is 0 Å². The Hall–Kier alpha value is 0.01000. The molecule has 0 saturated carbocycles. The third kappa shape index (κ3) is 1.86. The van der Waals surface area contributed by atoms with Gasteiger partial charge >= 0.3 is 0 Å². The Labute approximate surface area is 101 Å². The van der Waals surface area contributed by atoms with Crippen molar-refractivity contribution in [3.05, 3.63) is 28.2 Å². The van der Waals surface area contributed by atoms with E-state index in [-0.39, 0.29) is 0 Å². The lowest BCUT2D eigenvalue weighted by molar-refractivity contribution is 1.16. The highest BCUT2D eigenvalue weighted by Crippen LogP contribution is 2.35. The molecule has 0 fully saturated rings. The summed E-state index contributed by atoms with van der Waals surface area (Å²) in [5, 5.41) is 1.42. The van der Waals surface area contributed by atoms with Crippen LogP contribution in [0.1, 0.15) is 12.5 Å². The van der Waals surface area contributed by atoms with E-state index in [1.807, 2.05) is 23.1 Å². The number of hydrogen-bond acceptors (Lipinski definition) is 2. The largest absolute Gasteiger partial charge is 0.129 e. The molecule has 3 heteroatoms. The maximum atomic E-state index is 3.56. The van der Waals surface area contributed by atoms with Gasteiger partial charge in [-0.1, -0.05) is 22.9 Å². The van der Waals surface area contributed by atoms with Crippen LogP contribution in [-0.2, 0) is 6.42 Å². The molecule has 0 spiro atoms. The van der Waals surface area contributed by atoms with E-state index in [9.17, 15) is 0 Å². The molecule has 1 aromatic carbocycles. The number of fused-ring (bicyclic) bond motifs is 1. The van der Waals surface area contributed by atoms with Crippen LogP contribution in [-0.4, -0.2) is 6.26 Å². The molecule has 14 heavy (non-hydrogen) atoms. The SMILES string of the molecule is CCc1cc(Br)cc2sc(SC)cc12. The maximum Gasteiger partial charge on any atom is 0.0608 e. The summed E-state index contributed by atoms with van der Waals surface area (Å²) < 4.78 is 3.98. The minimum Gasteiger partial charge on any atom is -0.129 e. The zero-order valence-corrected chi connectivity index (χ0v) is 11.4. The summed E-state index contributed by atoms with van der Waals surface area (Å²) in [5.74, 6) is 0. The normalized spacial score (nSPS) is 11.1. The van der Waals surface area contributed by atoms with Gasteiger partial charge in [-0.2, -0.15) is 0 Å². The van der Waals surface area contributed by atoms with Gasteiger partial charge in [-0.15, -0.1) is 23.1 Å². The van der Waals surface area contributed by atoms with Gasteiger partial charge in [0.1, 0.15) is 0 Å². The number of benzene rings is 1. The highest BCUT2D eigenvalue weighted by Gasteiger charge is 2.06. The average molecular weight is 287 g/mol. The van der Waals surface area contributed by atoms with E-state index in [2.05, 4.69) is 47.3 Å². The first-order valence-electron chi connectivity index (χ1n) is 4.50. The highest BCUT2D eigenvalue weighted by atomic mass is 79.9. The average Bonchev–Trinajstić information content (AvgIpc) is 2.59. The second kappa shape index (κ2) is 4.25. The molecule has 0 nitrogen and oxygen atoms in total. The zero-order valence-electron chi connectivity index (χ0n) is 8.13. The van der Waals surface area contributed by atoms with Gasteiger partial charge < -0.3 is 0 Å². The Morgan fingerprint density at radius 3 is 2.79 bits per heavy atom. The molecule has 0 aliphatic heterocycles. The Bertz CT molecular complexity index is 460. The number of hydrogen-bond donors (Lipinski definition) is 0. The molecule has 0 bridgehead atoms. The predicted molar refractivity (Wildman–Crippen MR) is 70.7 cm³/mol. The fourth-order valence-corrected chi connectivity index (χ4v) is 3.92. The Morgan fingerprint density at radius 1 is 1.36 bits per heavy atom. The quantitative estimate of drug-likeness (QED) is 0.704. The third-order valence-corrected chi connectivity index (χ3v) is 4.85. The molecule has 1 heterocycles. The second-order valence-corrected chi connectivity index (χ2v) is 6.21. The van der Waals surface area contributed by atoms with Gasteiger partial charge in [-0.05, 0) is 41.8 Å². The Balaban J connectivity index is 2.71. The van der Waals surface area contributed by atoms with E-state index >= 15 is 0 Å². The van der Waals surface area contributed by atoms with Crippen molar-refractivity contribution in [2.75, 3.05) is 6.26 Å². The molecular formula is C11H11BrS2. The molecule has 74 valence electrons. The van der Waals surface area contributed by atoms with Crippen molar-refractivity contribution in [2.45, 2.75) is 17.6 Å². The van der Waals surface area contributed by atoms with Crippen molar-refractivity contribution in [1.82, 2.24) is 0 Å². The van der Waals surface area contributed by atoms with Crippen LogP contribution in [0.2, 0.25) is 0 Å². The van der Waals surface area contributed by atoms with Gasteiger partial charge in [-0.3, -0.25) is 0 Å². The topological polar surface area (TPSA) is 0 Å². The Kier molecular flexibility index (Phi) is 3.20. The van der Waals surface area contributed by atoms with Crippen LogP contribution < -0.4 is 0 Å². The van der Waals surface area contributed by atoms with Gasteiger partial charge in [0, 0.05) is 9.17 Å². The lowest BCUT2D eigenvalue weighted by Gasteiger charge is -1.99. The standard InChI is InChI=1S/C11H11BrS2/c1-3-7-4-8(12)5-10-9(7)6-11(13-2)14-10/h4-6H,3H2,1-2H3. The van der Waals surface area contributed by atoms with Crippen LogP contribution >= 0.6 is 39.0 Å². The van der Waals surface area contributed by atoms with E-state index in [4.69, 9.17) is 0 Å². The number of rotatable bonds is 2. The molecule has 0 aliphatic rings. The third-order valence-electron chi connectivity index (χ3n) is 2.25. The van der Waals surface area contributed by atoms with Gasteiger partial charge in [-0.25, -0.2) is 0 Å². The van der Waals surface area contributed by atoms with Crippen molar-refractivity contribution < 1.29 is 0 Å². The summed E-state index contributed by atoms with van der Waals surface area (Å²) in [6.07, 6.45) is 3.23. The molecule has 2 rings (SSSR count). The van der Waals surface area contributed by atoms with Crippen LogP contribution in [0.5, 0.6) is 0 Å². The maximum absolute atomic E-state index is 3.56. The van der Waals surface area contributed by atoms with E-state index < -0.39 is 0 Å². The first-order chi connectivity index (χ1) is 6.74. The number of halogens is 1. The molecule has 0 saturated heterocycles. The van der Waals surface area contributed by atoms with E-state index in [0.717, 1.165) is 6.42 Å². The van der Waals surface area contributed by atoms with Gasteiger partial charge in [0.25, 0.3) is 0 Å². The van der Waals surface area contributed by atoms with Crippen molar-refractivity contribution >= 4 is 49.1 Å². The number of aryl methyl sites for hydroxylation is 1. The second-order valence-electron chi connectivity index (χ2n) is 3.10. The molecule has 0 radical (unpaired) electrons. The Morgan fingerprint density at radius 2 is 2.14 bits per heavy atom. The van der Waals surface area contributed by atoms with Crippen LogP contribution in [0.4, 0.5) is 0 Å². The summed E-state index contributed by atoms with van der Waals surface area (Å²) in [5.41, 5.74) is 1.44. The number of thioether (sulfide) groups is 1. The number of thiophene rings is 1. The fourth-order valence-electron chi connectivity index (χ4n) is 1.54. The van der Waals surface area contributed by atoms with Gasteiger partial charge in [0.2, 0.25) is 0 Å². The van der Waals surface area contributed by atoms with E-state index in [0.29, 0.717) is 0 Å². The van der Waals surface area contributed by atoms with Crippen molar-refractivity contribution in [3.63, 3.8) is 0 Å². The molecule has 0 aliphatic carbocycles. The fraction of sp³-hybridized carbons (Fsp3) is 0.273. The first kappa shape index (κ1) is 10.5. The smallest absolute Gasteiger partial charge is 0.0608 e. The van der Waals surface area contributed by atoms with Crippen LogP contribution in [0.3, 0.4) is 0 Å². The van der Waals surface area contributed by atoms with Crippen LogP contribution in [0.15, 0.2) is 26.9 Å². The first-order valence-corrected chi connectivity index (χ1v) is 7.34. The monoisotopic (exact) mass is 286 g/mol. The molecule has 1 aromatic heterocycles. The van der Waals surface area contributed by atoms with E-state index in [1.165, 1.54) is 24.3 Å². The molecule has 0 N–H and O–H groups in total. The van der Waals surface area contributed by atoms with Crippen LogP contribution in [0.25, 0.3) is 10.1 Å². The van der Waals surface area contributed by atoms with Gasteiger partial charge in [0.15, 0.2) is 0 Å². The molecule has 0 unspecified atom stereocenters. The summed E-state index contributed by atoms with van der Waals surface area (Å²) in [6.45, 7) is 2.21. The zero-order chi connectivity index (χ0) is 10.1. The molecule has 0 amide bonds. The summed E-state index contributed by atoms with van der Waals surface area (Å²) in [7, 11) is 0. The highest BCUT2D eigenvalue weighted by molar-refractivity contribution is 9.10. The molecule has 2 aromatic rings. The lowest BCUT2D eigenvalue weighted by Crippen LogP contribution is -1.80. The van der Waals surface area contributed by atoms with Crippen molar-refractivity contribution in [3.8, 4) is 0 Å². The summed E-state index contributed by atoms with van der Waals surface area (Å²) in [6, 6.07) is 6.73. The van der Waals surface area contributed by atoms with Crippen molar-refractivity contribution in [2.24, 2.45) is 0 Å². The minimum atomic E-state index is 1.10. The van der Waals surface area contributed by atoms with Crippen LogP contribution in [0, 0.1) is 0 Å². The van der Waals surface area contributed by atoms with Crippen molar-refractivity contribution in [1.29, 1.82) is 0 Å². The lowest BCUT2D eigenvalue weighted by atomic mass is 10.1. The van der Waals surface area contributed by atoms with Gasteiger partial charge in [0.05, 0.1) is 4.21 Å². The summed E-state index contributed by atoms with van der Waals surface area (Å²) >= 11 is 7.25. The summed E-state index contributed by atoms with van der Waals surface area (Å²) in [4.78, 5) is 0. The predicted octanol–water partition coefficient (Wildman–Crippen LogP) is 4.95. The molecule has 0 atom stereocenters. The minimum absolute atomic E-state index is 1.10. The molecular weight excluding hydrogens is 276 g/mol.